The summed E-state index contributed by atoms with van der Waals surface area (Å²) in [5.41, 5.74) is 6.49. The van der Waals surface area contributed by atoms with E-state index in [1.165, 1.54) is 22.9 Å². The predicted octanol–water partition coefficient (Wildman–Crippen LogP) is 7.96. The molecule has 49 heavy (non-hydrogen) atoms. The molecule has 2 atom stereocenters. The number of imide groups is 2. The summed E-state index contributed by atoms with van der Waals surface area (Å²) in [7, 11) is 0. The molecular formula is C40H36BrN3O5. The van der Waals surface area contributed by atoms with Crippen LogP contribution in [0.1, 0.15) is 59.4 Å². The molecule has 7 rings (SSSR count). The van der Waals surface area contributed by atoms with E-state index in [9.17, 15) is 14.4 Å². The molecule has 3 aliphatic heterocycles. The Morgan fingerprint density at radius 2 is 1.49 bits per heavy atom. The first-order chi connectivity index (χ1) is 23.9. The Morgan fingerprint density at radius 3 is 2.06 bits per heavy atom. The molecule has 248 valence electrons. The van der Waals surface area contributed by atoms with Gasteiger partial charge in [-0.25, -0.2) is 9.69 Å². The van der Waals surface area contributed by atoms with E-state index >= 15 is 0 Å². The fourth-order valence-corrected chi connectivity index (χ4v) is 7.82. The number of carbonyl (C=O) groups excluding carboxylic acids is 3. The number of carbonyl (C=O) groups is 3. The number of hydrogen-bond acceptors (Lipinski definition) is 6. The monoisotopic (exact) mass is 717 g/mol. The van der Waals surface area contributed by atoms with E-state index in [4.69, 9.17) is 9.47 Å². The molecule has 0 unspecified atom stereocenters. The van der Waals surface area contributed by atoms with Gasteiger partial charge in [0, 0.05) is 30.6 Å². The van der Waals surface area contributed by atoms with Crippen LogP contribution in [0.2, 0.25) is 0 Å². The highest BCUT2D eigenvalue weighted by atomic mass is 79.9. The molecule has 9 heteroatoms. The summed E-state index contributed by atoms with van der Waals surface area (Å²) >= 11 is 3.54. The molecule has 0 aromatic heterocycles. The van der Waals surface area contributed by atoms with E-state index in [0.717, 1.165) is 42.0 Å². The SMILES string of the molecule is C=CCOc1c(Br)cc(/C=C2\C(=O)NC(=O)N(c3cc4c5c(c3)[C@H](c3ccccc3)CCN5CC[C@@H]4c3ccccc3)C2=O)cc1OCC. The third-order valence-electron chi connectivity index (χ3n) is 9.35. The lowest BCUT2D eigenvalue weighted by Crippen LogP contribution is -2.54. The van der Waals surface area contributed by atoms with E-state index in [0.29, 0.717) is 33.8 Å². The van der Waals surface area contributed by atoms with Crippen LogP contribution in [-0.2, 0) is 9.59 Å². The third kappa shape index (κ3) is 6.15. The average molecular weight is 719 g/mol. The third-order valence-corrected chi connectivity index (χ3v) is 9.94. The van der Waals surface area contributed by atoms with Crippen LogP contribution in [0.3, 0.4) is 0 Å². The molecule has 0 spiro atoms. The van der Waals surface area contributed by atoms with Gasteiger partial charge >= 0.3 is 6.03 Å². The van der Waals surface area contributed by atoms with E-state index < -0.39 is 17.8 Å². The second kappa shape index (κ2) is 13.8. The fraction of sp³-hybridized carbons (Fsp3) is 0.225. The van der Waals surface area contributed by atoms with Gasteiger partial charge in [-0.05, 0) is 93.9 Å². The lowest BCUT2D eigenvalue weighted by molar-refractivity contribution is -0.122. The highest BCUT2D eigenvalue weighted by Crippen LogP contribution is 2.50. The Balaban J connectivity index is 1.35. The smallest absolute Gasteiger partial charge is 0.335 e. The van der Waals surface area contributed by atoms with Crippen LogP contribution in [0.4, 0.5) is 16.2 Å². The van der Waals surface area contributed by atoms with Crippen molar-refractivity contribution in [2.24, 2.45) is 0 Å². The van der Waals surface area contributed by atoms with Crippen molar-refractivity contribution < 1.29 is 23.9 Å². The summed E-state index contributed by atoms with van der Waals surface area (Å²) < 4.78 is 12.2. The van der Waals surface area contributed by atoms with Gasteiger partial charge in [-0.15, -0.1) is 0 Å². The highest BCUT2D eigenvalue weighted by molar-refractivity contribution is 9.10. The molecular weight excluding hydrogens is 682 g/mol. The van der Waals surface area contributed by atoms with Crippen molar-refractivity contribution in [2.45, 2.75) is 31.6 Å². The van der Waals surface area contributed by atoms with Gasteiger partial charge in [-0.2, -0.15) is 0 Å². The van der Waals surface area contributed by atoms with Gasteiger partial charge in [0.1, 0.15) is 12.2 Å². The standard InChI is InChI=1S/C40H36BrN3O5/c1-3-19-49-37-34(41)21-25(22-35(37)48-4-2)20-33-38(45)42-40(47)44(39(33)46)28-23-31-29(26-11-7-5-8-12-26)15-17-43-18-16-30(32(24-28)36(31)43)27-13-9-6-10-14-27/h3,5-14,20-24,29-30H,1,4,15-19H2,2H3,(H,42,45,47)/b33-20+/t29-,30+. The molecule has 0 bridgehead atoms. The zero-order chi connectivity index (χ0) is 34.1. The topological polar surface area (TPSA) is 88.2 Å². The normalized spacial score (nSPS) is 19.4. The van der Waals surface area contributed by atoms with Crippen molar-refractivity contribution >= 4 is 51.2 Å². The minimum atomic E-state index is -0.778. The van der Waals surface area contributed by atoms with Gasteiger partial charge < -0.3 is 14.4 Å². The number of anilines is 2. The van der Waals surface area contributed by atoms with Gasteiger partial charge in [0.2, 0.25) is 0 Å². The Bertz CT molecular complexity index is 1900. The number of nitrogens with one attached hydrogen (secondary N) is 1. The zero-order valence-electron chi connectivity index (χ0n) is 27.2. The molecule has 4 aromatic rings. The molecule has 1 N–H and O–H groups in total. The Hall–Kier alpha value is -5.15. The van der Waals surface area contributed by atoms with Crippen molar-refractivity contribution in [3.05, 3.63) is 135 Å². The molecule has 3 heterocycles. The molecule has 0 saturated carbocycles. The number of nitrogens with zero attached hydrogens (tertiary/aromatic N) is 2. The Labute approximate surface area is 294 Å². The first-order valence-electron chi connectivity index (χ1n) is 16.5. The second-order valence-corrected chi connectivity index (χ2v) is 13.1. The summed E-state index contributed by atoms with van der Waals surface area (Å²) in [6.07, 6.45) is 4.92. The Morgan fingerprint density at radius 1 is 0.878 bits per heavy atom. The van der Waals surface area contributed by atoms with Crippen molar-refractivity contribution in [1.29, 1.82) is 0 Å². The van der Waals surface area contributed by atoms with Gasteiger partial charge in [-0.1, -0.05) is 73.3 Å². The number of halogens is 1. The summed E-state index contributed by atoms with van der Waals surface area (Å²) in [4.78, 5) is 44.7. The molecule has 8 nitrogen and oxygen atoms in total. The number of urea groups is 1. The van der Waals surface area contributed by atoms with E-state index in [1.54, 1.807) is 18.2 Å². The predicted molar refractivity (Wildman–Crippen MR) is 194 cm³/mol. The second-order valence-electron chi connectivity index (χ2n) is 12.3. The zero-order valence-corrected chi connectivity index (χ0v) is 28.7. The van der Waals surface area contributed by atoms with E-state index in [-0.39, 0.29) is 24.0 Å². The van der Waals surface area contributed by atoms with Gasteiger partial charge in [0.05, 0.1) is 16.8 Å². The van der Waals surface area contributed by atoms with Crippen molar-refractivity contribution in [3.8, 4) is 11.5 Å². The molecule has 4 amide bonds. The number of rotatable bonds is 9. The lowest BCUT2D eigenvalue weighted by atomic mass is 9.76. The number of amides is 4. The molecule has 4 aromatic carbocycles. The van der Waals surface area contributed by atoms with Crippen LogP contribution >= 0.6 is 15.9 Å². The molecule has 1 fully saturated rings. The lowest BCUT2D eigenvalue weighted by Gasteiger charge is -2.44. The summed E-state index contributed by atoms with van der Waals surface area (Å²) in [5, 5.41) is 2.42. The summed E-state index contributed by atoms with van der Waals surface area (Å²) in [6.45, 7) is 8.05. The van der Waals surface area contributed by atoms with Gasteiger partial charge in [0.25, 0.3) is 11.8 Å². The average Bonchev–Trinajstić information content (AvgIpc) is 3.11. The Kier molecular flexibility index (Phi) is 9.10. The fourth-order valence-electron chi connectivity index (χ4n) is 7.24. The molecule has 0 aliphatic carbocycles. The van der Waals surface area contributed by atoms with E-state index in [1.807, 2.05) is 55.5 Å². The van der Waals surface area contributed by atoms with Crippen molar-refractivity contribution in [3.63, 3.8) is 0 Å². The van der Waals surface area contributed by atoms with Gasteiger partial charge in [0.15, 0.2) is 11.5 Å². The van der Waals surface area contributed by atoms with Gasteiger partial charge in [-0.3, -0.25) is 14.9 Å². The largest absolute Gasteiger partial charge is 0.490 e. The summed E-state index contributed by atoms with van der Waals surface area (Å²) in [5.74, 6) is -0.370. The minimum Gasteiger partial charge on any atom is -0.490 e. The number of barbiturate groups is 1. The number of benzene rings is 4. The van der Waals surface area contributed by atoms with Crippen LogP contribution in [0.5, 0.6) is 11.5 Å². The van der Waals surface area contributed by atoms with Crippen LogP contribution < -0.4 is 24.6 Å². The highest BCUT2D eigenvalue weighted by Gasteiger charge is 2.40. The molecule has 1 saturated heterocycles. The first-order valence-corrected chi connectivity index (χ1v) is 17.3. The molecule has 3 aliphatic rings. The van der Waals surface area contributed by atoms with Crippen LogP contribution in [0.25, 0.3) is 6.08 Å². The minimum absolute atomic E-state index is 0.0800. The molecule has 0 radical (unpaired) electrons. The van der Waals surface area contributed by atoms with Crippen LogP contribution in [0, 0.1) is 0 Å². The maximum Gasteiger partial charge on any atom is 0.335 e. The quantitative estimate of drug-likeness (QED) is 0.107. The number of ether oxygens (including phenoxy) is 2. The van der Waals surface area contributed by atoms with Crippen molar-refractivity contribution in [2.75, 3.05) is 36.1 Å². The van der Waals surface area contributed by atoms with Crippen molar-refractivity contribution in [1.82, 2.24) is 5.32 Å². The van der Waals surface area contributed by atoms with Crippen LogP contribution in [0.15, 0.2) is 108 Å². The van der Waals surface area contributed by atoms with E-state index in [2.05, 4.69) is 57.0 Å². The summed E-state index contributed by atoms with van der Waals surface area (Å²) in [6, 6.07) is 27.3. The maximum absolute atomic E-state index is 14.3. The number of hydrogen-bond donors (Lipinski definition) is 1. The van der Waals surface area contributed by atoms with Crippen LogP contribution in [-0.4, -0.2) is 44.1 Å². The maximum atomic E-state index is 14.3. The first kappa shape index (κ1) is 32.4.